The van der Waals surface area contributed by atoms with Gasteiger partial charge in [0.2, 0.25) is 5.91 Å². The van der Waals surface area contributed by atoms with E-state index in [1.54, 1.807) is 0 Å². The molecule has 0 radical (unpaired) electrons. The molecular formula is C12H7BrN2O5. The minimum Gasteiger partial charge on any atom is -0.453 e. The van der Waals surface area contributed by atoms with Crippen molar-refractivity contribution < 1.29 is 18.9 Å². The van der Waals surface area contributed by atoms with E-state index in [0.717, 1.165) is 6.07 Å². The summed E-state index contributed by atoms with van der Waals surface area (Å²) in [7, 11) is 0. The molecule has 0 bridgehead atoms. The van der Waals surface area contributed by atoms with Gasteiger partial charge in [0.15, 0.2) is 12.0 Å². The lowest BCUT2D eigenvalue weighted by molar-refractivity contribution is -0.384. The van der Waals surface area contributed by atoms with Crippen molar-refractivity contribution in [3.05, 3.63) is 50.2 Å². The highest BCUT2D eigenvalue weighted by molar-refractivity contribution is 9.10. The maximum Gasteiger partial charge on any atom is 0.282 e. The Morgan fingerprint density at radius 3 is 2.60 bits per heavy atom. The molecule has 20 heavy (non-hydrogen) atoms. The Hall–Kier alpha value is -2.48. The molecule has 2 aromatic rings. The van der Waals surface area contributed by atoms with Crippen LogP contribution in [0.3, 0.4) is 0 Å². The van der Waals surface area contributed by atoms with Gasteiger partial charge in [-0.05, 0) is 34.1 Å². The van der Waals surface area contributed by atoms with Crippen molar-refractivity contribution in [1.82, 2.24) is 0 Å². The van der Waals surface area contributed by atoms with E-state index >= 15 is 0 Å². The molecule has 1 aromatic heterocycles. The van der Waals surface area contributed by atoms with Crippen LogP contribution in [0.4, 0.5) is 5.69 Å². The molecule has 1 amide bonds. The minimum absolute atomic E-state index is 0.00510. The standard InChI is InChI=1S/C12H7BrN2O5/c13-8-3-6(12(14)17)4-9(15(18)19)11(8)10-2-1-7(5-16)20-10/h1-5H,(H2,14,17). The third kappa shape index (κ3) is 2.45. The zero-order valence-corrected chi connectivity index (χ0v) is 11.4. The number of nitro groups is 1. The number of benzene rings is 1. The van der Waals surface area contributed by atoms with Crippen molar-refractivity contribution in [3.8, 4) is 11.3 Å². The van der Waals surface area contributed by atoms with E-state index in [4.69, 9.17) is 10.2 Å². The number of nitro benzene ring substituents is 1. The molecule has 0 fully saturated rings. The molecule has 0 saturated carbocycles. The van der Waals surface area contributed by atoms with E-state index in [-0.39, 0.29) is 32.8 Å². The molecule has 7 nitrogen and oxygen atoms in total. The number of carbonyl (C=O) groups excluding carboxylic acids is 2. The molecule has 2 N–H and O–H groups in total. The Kier molecular flexibility index (Phi) is 3.66. The fraction of sp³-hybridized carbons (Fsp3) is 0. The minimum atomic E-state index is -0.784. The number of furan rings is 1. The summed E-state index contributed by atoms with van der Waals surface area (Å²) in [5.74, 6) is -0.602. The molecule has 0 aliphatic rings. The Bertz CT molecular complexity index is 723. The summed E-state index contributed by atoms with van der Waals surface area (Å²) in [5, 5.41) is 11.1. The second kappa shape index (κ2) is 5.25. The quantitative estimate of drug-likeness (QED) is 0.522. The lowest BCUT2D eigenvalue weighted by Crippen LogP contribution is -2.11. The average molecular weight is 339 g/mol. The smallest absolute Gasteiger partial charge is 0.282 e. The number of rotatable bonds is 4. The molecule has 102 valence electrons. The summed E-state index contributed by atoms with van der Waals surface area (Å²) < 4.78 is 5.44. The number of nitrogens with two attached hydrogens (primary N) is 1. The van der Waals surface area contributed by atoms with Gasteiger partial charge in [-0.25, -0.2) is 0 Å². The van der Waals surface area contributed by atoms with Gasteiger partial charge in [-0.1, -0.05) is 0 Å². The predicted molar refractivity (Wildman–Crippen MR) is 72.4 cm³/mol. The van der Waals surface area contributed by atoms with Crippen LogP contribution in [0.1, 0.15) is 20.9 Å². The van der Waals surface area contributed by atoms with E-state index in [0.29, 0.717) is 6.29 Å². The van der Waals surface area contributed by atoms with Gasteiger partial charge in [-0.2, -0.15) is 0 Å². The van der Waals surface area contributed by atoms with E-state index < -0.39 is 10.8 Å². The first-order valence-corrected chi connectivity index (χ1v) is 6.06. The Labute approximate surface area is 120 Å². The van der Waals surface area contributed by atoms with Gasteiger partial charge in [-0.3, -0.25) is 19.7 Å². The first-order chi connectivity index (χ1) is 9.43. The highest BCUT2D eigenvalue weighted by Crippen LogP contribution is 2.38. The lowest BCUT2D eigenvalue weighted by Gasteiger charge is -2.05. The van der Waals surface area contributed by atoms with Gasteiger partial charge >= 0.3 is 0 Å². The van der Waals surface area contributed by atoms with Crippen molar-refractivity contribution in [2.75, 3.05) is 0 Å². The van der Waals surface area contributed by atoms with Crippen molar-refractivity contribution in [3.63, 3.8) is 0 Å². The van der Waals surface area contributed by atoms with Crippen LogP contribution in [0.15, 0.2) is 33.2 Å². The zero-order valence-electron chi connectivity index (χ0n) is 9.83. The number of primary amides is 1. The third-order valence-corrected chi connectivity index (χ3v) is 3.17. The van der Waals surface area contributed by atoms with Crippen LogP contribution in [0.2, 0.25) is 0 Å². The van der Waals surface area contributed by atoms with Crippen LogP contribution >= 0.6 is 15.9 Å². The summed E-state index contributed by atoms with van der Waals surface area (Å²) in [6, 6.07) is 5.24. The number of carbonyl (C=O) groups is 2. The third-order valence-electron chi connectivity index (χ3n) is 2.54. The van der Waals surface area contributed by atoms with E-state index in [1.165, 1.54) is 18.2 Å². The van der Waals surface area contributed by atoms with Crippen LogP contribution < -0.4 is 5.73 Å². The fourth-order valence-electron chi connectivity index (χ4n) is 1.67. The largest absolute Gasteiger partial charge is 0.453 e. The van der Waals surface area contributed by atoms with Gasteiger partial charge in [0, 0.05) is 16.1 Å². The zero-order chi connectivity index (χ0) is 14.9. The summed E-state index contributed by atoms with van der Waals surface area (Å²) in [6.45, 7) is 0. The second-order valence-electron chi connectivity index (χ2n) is 3.79. The van der Waals surface area contributed by atoms with Gasteiger partial charge in [-0.15, -0.1) is 0 Å². The molecule has 0 spiro atoms. The first-order valence-electron chi connectivity index (χ1n) is 5.27. The lowest BCUT2D eigenvalue weighted by atomic mass is 10.1. The number of aldehydes is 1. The molecule has 0 saturated heterocycles. The summed E-state index contributed by atoms with van der Waals surface area (Å²) in [5.41, 5.74) is 4.89. The molecule has 0 aliphatic carbocycles. The van der Waals surface area contributed by atoms with E-state index in [1.807, 2.05) is 0 Å². The van der Waals surface area contributed by atoms with E-state index in [2.05, 4.69) is 15.9 Å². The average Bonchev–Trinajstić information content (AvgIpc) is 2.85. The maximum absolute atomic E-state index is 11.1. The molecule has 2 rings (SSSR count). The number of hydrogen-bond acceptors (Lipinski definition) is 5. The number of nitrogens with zero attached hydrogens (tertiary/aromatic N) is 1. The normalized spacial score (nSPS) is 10.2. The maximum atomic E-state index is 11.1. The Balaban J connectivity index is 2.71. The molecule has 1 aromatic carbocycles. The SMILES string of the molecule is NC(=O)c1cc(Br)c(-c2ccc(C=O)o2)c([N+](=O)[O-])c1. The summed E-state index contributed by atoms with van der Waals surface area (Å²) in [4.78, 5) is 32.2. The van der Waals surface area contributed by atoms with Gasteiger partial charge in [0.25, 0.3) is 5.69 Å². The van der Waals surface area contributed by atoms with Crippen molar-refractivity contribution in [1.29, 1.82) is 0 Å². The first kappa shape index (κ1) is 13.9. The van der Waals surface area contributed by atoms with Crippen molar-refractivity contribution >= 4 is 33.8 Å². The topological polar surface area (TPSA) is 116 Å². The highest BCUT2D eigenvalue weighted by atomic mass is 79.9. The predicted octanol–water partition coefficient (Wildman–Crippen LogP) is 2.53. The number of halogens is 1. The van der Waals surface area contributed by atoms with Crippen LogP contribution in [0.25, 0.3) is 11.3 Å². The fourth-order valence-corrected chi connectivity index (χ4v) is 2.32. The van der Waals surface area contributed by atoms with Gasteiger partial charge in [0.1, 0.15) is 11.3 Å². The van der Waals surface area contributed by atoms with Gasteiger partial charge in [0.05, 0.1) is 4.92 Å². The number of hydrogen-bond donors (Lipinski definition) is 1. The van der Waals surface area contributed by atoms with Crippen molar-refractivity contribution in [2.24, 2.45) is 5.73 Å². The summed E-state index contributed by atoms with van der Waals surface area (Å²) in [6.07, 6.45) is 0.487. The molecule has 0 atom stereocenters. The second-order valence-corrected chi connectivity index (χ2v) is 4.65. The van der Waals surface area contributed by atoms with Crippen molar-refractivity contribution in [2.45, 2.75) is 0 Å². The monoisotopic (exact) mass is 338 g/mol. The molecule has 0 unspecified atom stereocenters. The summed E-state index contributed by atoms with van der Waals surface area (Å²) >= 11 is 3.14. The number of amides is 1. The molecule has 1 heterocycles. The molecule has 8 heteroatoms. The van der Waals surface area contributed by atoms with Crippen LogP contribution in [0, 0.1) is 10.1 Å². The molecular weight excluding hydrogens is 332 g/mol. The van der Waals surface area contributed by atoms with E-state index in [9.17, 15) is 19.7 Å². The Morgan fingerprint density at radius 1 is 1.40 bits per heavy atom. The molecule has 0 aliphatic heterocycles. The van der Waals surface area contributed by atoms with Crippen LogP contribution in [-0.2, 0) is 0 Å². The Morgan fingerprint density at radius 2 is 2.10 bits per heavy atom. The van der Waals surface area contributed by atoms with Crippen LogP contribution in [-0.4, -0.2) is 17.1 Å². The van der Waals surface area contributed by atoms with Crippen LogP contribution in [0.5, 0.6) is 0 Å². The highest BCUT2D eigenvalue weighted by Gasteiger charge is 2.24. The van der Waals surface area contributed by atoms with Gasteiger partial charge < -0.3 is 10.2 Å².